The number of hydrogen-bond donors (Lipinski definition) is 1. The summed E-state index contributed by atoms with van der Waals surface area (Å²) in [5, 5.41) is 0. The highest BCUT2D eigenvalue weighted by atomic mass is 16.2. The number of hydrogen-bond acceptors (Lipinski definition) is 2. The van der Waals surface area contributed by atoms with Gasteiger partial charge in [-0.15, -0.1) is 0 Å². The Bertz CT molecular complexity index is 225. The Morgan fingerprint density at radius 1 is 1.43 bits per heavy atom. The molecule has 0 aromatic carbocycles. The van der Waals surface area contributed by atoms with E-state index in [1.54, 1.807) is 0 Å². The third-order valence-electron chi connectivity index (χ3n) is 3.40. The number of carbonyl (C=O) groups excluding carboxylic acids is 1. The second-order valence-electron chi connectivity index (χ2n) is 4.87. The van der Waals surface area contributed by atoms with Crippen LogP contribution in [0.4, 0.5) is 0 Å². The molecule has 0 spiro atoms. The van der Waals surface area contributed by atoms with Gasteiger partial charge >= 0.3 is 0 Å². The second-order valence-corrected chi connectivity index (χ2v) is 4.87. The molecule has 3 nitrogen and oxygen atoms in total. The molecule has 1 aliphatic heterocycles. The molecule has 14 heavy (non-hydrogen) atoms. The van der Waals surface area contributed by atoms with Crippen molar-refractivity contribution in [1.82, 2.24) is 4.90 Å². The summed E-state index contributed by atoms with van der Waals surface area (Å²) in [7, 11) is 0. The Morgan fingerprint density at radius 3 is 2.71 bits per heavy atom. The Labute approximate surface area is 85.6 Å². The quantitative estimate of drug-likeness (QED) is 0.719. The zero-order valence-corrected chi connectivity index (χ0v) is 8.91. The van der Waals surface area contributed by atoms with Crippen LogP contribution in [-0.4, -0.2) is 29.4 Å². The lowest BCUT2D eigenvalue weighted by atomic mass is 9.98. The second kappa shape index (κ2) is 3.89. The first-order valence-electron chi connectivity index (χ1n) is 5.72. The van der Waals surface area contributed by atoms with E-state index in [2.05, 4.69) is 6.92 Å². The molecule has 2 atom stereocenters. The number of rotatable bonds is 2. The summed E-state index contributed by atoms with van der Waals surface area (Å²) < 4.78 is 0. The molecule has 3 heteroatoms. The van der Waals surface area contributed by atoms with E-state index in [1.807, 2.05) is 4.90 Å². The van der Waals surface area contributed by atoms with Crippen molar-refractivity contribution in [3.8, 4) is 0 Å². The average Bonchev–Trinajstić information content (AvgIpc) is 2.87. The van der Waals surface area contributed by atoms with Gasteiger partial charge in [0, 0.05) is 25.0 Å². The standard InChI is InChI=1S/C11H20N2O/c1-8-6-10(12)4-5-13(8)11(14)7-9-2-3-9/h8-10H,2-7,12H2,1H3. The van der Waals surface area contributed by atoms with Crippen LogP contribution in [0.15, 0.2) is 0 Å². The topological polar surface area (TPSA) is 46.3 Å². The first kappa shape index (κ1) is 9.97. The zero-order chi connectivity index (χ0) is 10.1. The van der Waals surface area contributed by atoms with E-state index in [9.17, 15) is 4.79 Å². The maximum Gasteiger partial charge on any atom is 0.223 e. The lowest BCUT2D eigenvalue weighted by Gasteiger charge is -2.36. The number of likely N-dealkylation sites (tertiary alicyclic amines) is 1. The van der Waals surface area contributed by atoms with Gasteiger partial charge in [-0.2, -0.15) is 0 Å². The molecule has 2 unspecified atom stereocenters. The number of piperidine rings is 1. The fourth-order valence-corrected chi connectivity index (χ4v) is 2.27. The maximum absolute atomic E-state index is 11.9. The van der Waals surface area contributed by atoms with E-state index in [1.165, 1.54) is 12.8 Å². The van der Waals surface area contributed by atoms with Gasteiger partial charge in [0.15, 0.2) is 0 Å². The van der Waals surface area contributed by atoms with Crippen LogP contribution in [0.5, 0.6) is 0 Å². The highest BCUT2D eigenvalue weighted by Crippen LogP contribution is 2.33. The zero-order valence-electron chi connectivity index (χ0n) is 8.91. The lowest BCUT2D eigenvalue weighted by molar-refractivity contribution is -0.135. The van der Waals surface area contributed by atoms with E-state index in [4.69, 9.17) is 5.73 Å². The molecule has 1 heterocycles. The molecule has 2 rings (SSSR count). The molecule has 1 aliphatic carbocycles. The Kier molecular flexibility index (Phi) is 2.77. The first-order chi connectivity index (χ1) is 6.66. The van der Waals surface area contributed by atoms with Crippen molar-refractivity contribution in [2.75, 3.05) is 6.54 Å². The summed E-state index contributed by atoms with van der Waals surface area (Å²) in [5.41, 5.74) is 5.86. The summed E-state index contributed by atoms with van der Waals surface area (Å²) in [5.74, 6) is 1.05. The van der Waals surface area contributed by atoms with E-state index in [0.717, 1.165) is 25.8 Å². The predicted molar refractivity (Wildman–Crippen MR) is 55.7 cm³/mol. The van der Waals surface area contributed by atoms with Crippen molar-refractivity contribution >= 4 is 5.91 Å². The maximum atomic E-state index is 11.9. The van der Waals surface area contributed by atoms with Crippen LogP contribution < -0.4 is 5.73 Å². The van der Waals surface area contributed by atoms with Crippen LogP contribution in [0.2, 0.25) is 0 Å². The van der Waals surface area contributed by atoms with E-state index in [0.29, 0.717) is 23.9 Å². The summed E-state index contributed by atoms with van der Waals surface area (Å²) in [6, 6.07) is 0.653. The molecule has 80 valence electrons. The highest BCUT2D eigenvalue weighted by Gasteiger charge is 2.31. The minimum Gasteiger partial charge on any atom is -0.340 e. The molecule has 2 fully saturated rings. The van der Waals surface area contributed by atoms with Gasteiger partial charge in [-0.1, -0.05) is 0 Å². The van der Waals surface area contributed by atoms with Crippen molar-refractivity contribution in [3.63, 3.8) is 0 Å². The fourth-order valence-electron chi connectivity index (χ4n) is 2.27. The Morgan fingerprint density at radius 2 is 2.14 bits per heavy atom. The number of nitrogens with two attached hydrogens (primary N) is 1. The summed E-state index contributed by atoms with van der Waals surface area (Å²) in [6.07, 6.45) is 5.23. The largest absolute Gasteiger partial charge is 0.340 e. The highest BCUT2D eigenvalue weighted by molar-refractivity contribution is 5.77. The van der Waals surface area contributed by atoms with Crippen LogP contribution in [0.25, 0.3) is 0 Å². The van der Waals surface area contributed by atoms with Crippen LogP contribution >= 0.6 is 0 Å². The van der Waals surface area contributed by atoms with Gasteiger partial charge in [-0.05, 0) is 38.5 Å². The Hall–Kier alpha value is -0.570. The molecular formula is C11H20N2O. The summed E-state index contributed by atoms with van der Waals surface area (Å²) in [4.78, 5) is 13.9. The average molecular weight is 196 g/mol. The minimum atomic E-state index is 0.301. The van der Waals surface area contributed by atoms with Crippen molar-refractivity contribution in [3.05, 3.63) is 0 Å². The van der Waals surface area contributed by atoms with Gasteiger partial charge in [0.1, 0.15) is 0 Å². The molecule has 1 saturated carbocycles. The smallest absolute Gasteiger partial charge is 0.223 e. The summed E-state index contributed by atoms with van der Waals surface area (Å²) >= 11 is 0. The SMILES string of the molecule is CC1CC(N)CCN1C(=O)CC1CC1. The Balaban J connectivity index is 1.85. The van der Waals surface area contributed by atoms with Gasteiger partial charge in [-0.25, -0.2) is 0 Å². The normalized spacial score (nSPS) is 33.1. The van der Waals surface area contributed by atoms with E-state index in [-0.39, 0.29) is 0 Å². The monoisotopic (exact) mass is 196 g/mol. The van der Waals surface area contributed by atoms with Crippen LogP contribution in [0, 0.1) is 5.92 Å². The van der Waals surface area contributed by atoms with Gasteiger partial charge in [0.2, 0.25) is 5.91 Å². The lowest BCUT2D eigenvalue weighted by Crippen LogP contribution is -2.48. The van der Waals surface area contributed by atoms with Crippen molar-refractivity contribution in [2.24, 2.45) is 11.7 Å². The van der Waals surface area contributed by atoms with Gasteiger partial charge in [0.25, 0.3) is 0 Å². The third kappa shape index (κ3) is 2.27. The van der Waals surface area contributed by atoms with Crippen LogP contribution in [0.1, 0.15) is 39.0 Å². The minimum absolute atomic E-state index is 0.301. The van der Waals surface area contributed by atoms with Gasteiger partial charge in [-0.3, -0.25) is 4.79 Å². The molecule has 0 aromatic rings. The molecular weight excluding hydrogens is 176 g/mol. The van der Waals surface area contributed by atoms with E-state index >= 15 is 0 Å². The van der Waals surface area contributed by atoms with Gasteiger partial charge in [0.05, 0.1) is 0 Å². The molecule has 2 N–H and O–H groups in total. The molecule has 1 saturated heterocycles. The number of amides is 1. The van der Waals surface area contributed by atoms with Crippen molar-refractivity contribution in [1.29, 1.82) is 0 Å². The molecule has 0 aromatic heterocycles. The third-order valence-corrected chi connectivity index (χ3v) is 3.40. The van der Waals surface area contributed by atoms with Crippen LogP contribution in [0.3, 0.4) is 0 Å². The van der Waals surface area contributed by atoms with Crippen LogP contribution in [-0.2, 0) is 4.79 Å². The molecule has 2 aliphatic rings. The fraction of sp³-hybridized carbons (Fsp3) is 0.909. The number of nitrogens with zero attached hydrogens (tertiary/aromatic N) is 1. The predicted octanol–water partition coefficient (Wildman–Crippen LogP) is 1.12. The number of carbonyl (C=O) groups is 1. The summed E-state index contributed by atoms with van der Waals surface area (Å²) in [6.45, 7) is 2.98. The first-order valence-corrected chi connectivity index (χ1v) is 5.72. The molecule has 1 amide bonds. The molecule has 0 bridgehead atoms. The van der Waals surface area contributed by atoms with E-state index < -0.39 is 0 Å². The molecule has 0 radical (unpaired) electrons. The van der Waals surface area contributed by atoms with Gasteiger partial charge < -0.3 is 10.6 Å². The van der Waals surface area contributed by atoms with Crippen molar-refractivity contribution in [2.45, 2.75) is 51.1 Å². The van der Waals surface area contributed by atoms with Crippen molar-refractivity contribution < 1.29 is 4.79 Å².